The molecule has 0 fully saturated rings. The van der Waals surface area contributed by atoms with Crippen molar-refractivity contribution >= 4 is 11.9 Å². The third-order valence-electron chi connectivity index (χ3n) is 5.15. The molecule has 0 saturated heterocycles. The molecule has 0 aromatic rings. The van der Waals surface area contributed by atoms with Crippen molar-refractivity contribution in [2.45, 2.75) is 68.7 Å². The average Bonchev–Trinajstić information content (AvgIpc) is 2.39. The minimum Gasteiger partial charge on any atom is -0.481 e. The van der Waals surface area contributed by atoms with Crippen molar-refractivity contribution in [3.8, 4) is 0 Å². The van der Waals surface area contributed by atoms with E-state index in [0.29, 0.717) is 13.0 Å². The van der Waals surface area contributed by atoms with Crippen LogP contribution in [0.15, 0.2) is 0 Å². The molecule has 2 atom stereocenters. The van der Waals surface area contributed by atoms with Crippen LogP contribution in [-0.2, 0) is 14.3 Å². The highest BCUT2D eigenvalue weighted by molar-refractivity contribution is 5.88. The van der Waals surface area contributed by atoms with Crippen LogP contribution in [0.2, 0.25) is 0 Å². The molecular weight excluding hydrogens is 292 g/mol. The molecule has 1 N–H and O–H groups in total. The zero-order valence-corrected chi connectivity index (χ0v) is 16.4. The highest BCUT2D eigenvalue weighted by Crippen LogP contribution is 2.54. The number of carbonyl (C=O) groups is 2. The number of carboxylic acids is 1. The Balaban J connectivity index is 6.15. The van der Waals surface area contributed by atoms with Gasteiger partial charge in [-0.25, -0.2) is 0 Å². The van der Waals surface area contributed by atoms with E-state index < -0.39 is 22.8 Å². The predicted molar refractivity (Wildman–Crippen MR) is 93.1 cm³/mol. The Labute approximate surface area is 142 Å². The molecule has 4 heteroatoms. The van der Waals surface area contributed by atoms with Crippen LogP contribution in [-0.4, -0.2) is 23.7 Å². The van der Waals surface area contributed by atoms with Crippen molar-refractivity contribution in [2.24, 2.45) is 34.5 Å². The normalized spacial score (nSPS) is 17.4. The zero-order chi connectivity index (χ0) is 18.6. The molecule has 0 aliphatic carbocycles. The molecule has 0 aromatic heterocycles. The molecule has 2 unspecified atom stereocenters. The minimum atomic E-state index is -1.15. The lowest BCUT2D eigenvalue weighted by molar-refractivity contribution is -0.190. The first-order chi connectivity index (χ1) is 10.3. The summed E-state index contributed by atoms with van der Waals surface area (Å²) in [5, 5.41) is 10.1. The molecule has 0 aliphatic rings. The number of esters is 1. The Morgan fingerprint density at radius 1 is 0.913 bits per heavy atom. The van der Waals surface area contributed by atoms with Crippen LogP contribution in [0.5, 0.6) is 0 Å². The molecular formula is C19H36O4. The van der Waals surface area contributed by atoms with Gasteiger partial charge in [0, 0.05) is 0 Å². The van der Waals surface area contributed by atoms with E-state index in [9.17, 15) is 14.7 Å². The Bertz CT molecular complexity index is 412. The van der Waals surface area contributed by atoms with Gasteiger partial charge in [-0.1, -0.05) is 55.4 Å². The average molecular weight is 328 g/mol. The topological polar surface area (TPSA) is 63.6 Å². The first-order valence-electron chi connectivity index (χ1n) is 8.74. The Morgan fingerprint density at radius 2 is 1.39 bits per heavy atom. The predicted octanol–water partition coefficient (Wildman–Crippen LogP) is 4.62. The molecule has 0 aliphatic heterocycles. The van der Waals surface area contributed by atoms with Crippen LogP contribution in [0.4, 0.5) is 0 Å². The van der Waals surface area contributed by atoms with E-state index in [0.717, 1.165) is 0 Å². The van der Waals surface area contributed by atoms with E-state index >= 15 is 0 Å². The maximum Gasteiger partial charge on any atom is 0.313 e. The maximum absolute atomic E-state index is 13.0. The maximum atomic E-state index is 13.0. The van der Waals surface area contributed by atoms with Crippen LogP contribution < -0.4 is 0 Å². The summed E-state index contributed by atoms with van der Waals surface area (Å²) in [7, 11) is 0. The largest absolute Gasteiger partial charge is 0.481 e. The minimum absolute atomic E-state index is 0.139. The number of rotatable bonds is 9. The molecule has 136 valence electrons. The first-order valence-corrected chi connectivity index (χ1v) is 8.74. The third kappa shape index (κ3) is 4.27. The summed E-state index contributed by atoms with van der Waals surface area (Å²) in [6.07, 6.45) is 0.450. The van der Waals surface area contributed by atoms with E-state index in [-0.39, 0.29) is 23.7 Å². The van der Waals surface area contributed by atoms with Gasteiger partial charge in [-0.15, -0.1) is 0 Å². The Kier molecular flexibility index (Phi) is 7.79. The second-order valence-corrected chi connectivity index (χ2v) is 8.38. The van der Waals surface area contributed by atoms with Gasteiger partial charge in [-0.05, 0) is 37.0 Å². The summed E-state index contributed by atoms with van der Waals surface area (Å²) in [6.45, 7) is 17.7. The molecule has 0 saturated carbocycles. The molecule has 0 amide bonds. The summed E-state index contributed by atoms with van der Waals surface area (Å²) >= 11 is 0. The highest BCUT2D eigenvalue weighted by atomic mass is 16.5. The van der Waals surface area contributed by atoms with Crippen molar-refractivity contribution in [1.82, 2.24) is 0 Å². The van der Waals surface area contributed by atoms with Crippen molar-refractivity contribution in [1.29, 1.82) is 0 Å². The fourth-order valence-electron chi connectivity index (χ4n) is 3.57. The summed E-state index contributed by atoms with van der Waals surface area (Å²) in [4.78, 5) is 25.3. The second kappa shape index (κ2) is 8.16. The standard InChI is InChI=1S/C19H36O4/c1-12(2)10-19(15(7)8,16(20)21)18(9,14(5)6)17(22)23-11-13(3)4/h12-15H,10-11H2,1-9H3,(H,20,21). The lowest BCUT2D eigenvalue weighted by atomic mass is 9.52. The van der Waals surface area contributed by atoms with Gasteiger partial charge in [0.1, 0.15) is 0 Å². The lowest BCUT2D eigenvalue weighted by Crippen LogP contribution is -2.57. The van der Waals surface area contributed by atoms with E-state index in [1.54, 1.807) is 6.92 Å². The second-order valence-electron chi connectivity index (χ2n) is 8.38. The van der Waals surface area contributed by atoms with E-state index in [2.05, 4.69) is 0 Å². The number of carbonyl (C=O) groups excluding carboxylic acids is 1. The van der Waals surface area contributed by atoms with Gasteiger partial charge >= 0.3 is 11.9 Å². The smallest absolute Gasteiger partial charge is 0.313 e. The summed E-state index contributed by atoms with van der Waals surface area (Å²) < 4.78 is 5.52. The van der Waals surface area contributed by atoms with Crippen LogP contribution in [0.25, 0.3) is 0 Å². The number of carboxylic acid groups (broad SMARTS) is 1. The molecule has 23 heavy (non-hydrogen) atoms. The van der Waals surface area contributed by atoms with Gasteiger partial charge < -0.3 is 9.84 Å². The fourth-order valence-corrected chi connectivity index (χ4v) is 3.57. The van der Waals surface area contributed by atoms with Crippen molar-refractivity contribution in [2.75, 3.05) is 6.61 Å². The van der Waals surface area contributed by atoms with Crippen molar-refractivity contribution in [3.05, 3.63) is 0 Å². The number of aliphatic carboxylic acids is 1. The summed E-state index contributed by atoms with van der Waals surface area (Å²) in [5.74, 6) is -1.22. The monoisotopic (exact) mass is 328 g/mol. The molecule has 0 radical (unpaired) electrons. The zero-order valence-electron chi connectivity index (χ0n) is 16.4. The van der Waals surface area contributed by atoms with Gasteiger partial charge in [0.05, 0.1) is 17.4 Å². The van der Waals surface area contributed by atoms with Gasteiger partial charge in [0.25, 0.3) is 0 Å². The van der Waals surface area contributed by atoms with Crippen molar-refractivity contribution in [3.63, 3.8) is 0 Å². The van der Waals surface area contributed by atoms with Gasteiger partial charge in [-0.2, -0.15) is 0 Å². The quantitative estimate of drug-likeness (QED) is 0.627. The molecule has 4 nitrogen and oxygen atoms in total. The molecule has 0 spiro atoms. The van der Waals surface area contributed by atoms with E-state index in [1.807, 2.05) is 55.4 Å². The third-order valence-corrected chi connectivity index (χ3v) is 5.15. The van der Waals surface area contributed by atoms with Gasteiger partial charge in [0.2, 0.25) is 0 Å². The molecule has 0 rings (SSSR count). The summed E-state index contributed by atoms with van der Waals surface area (Å²) in [5.41, 5.74) is -2.23. The van der Waals surface area contributed by atoms with Gasteiger partial charge in [0.15, 0.2) is 0 Å². The van der Waals surface area contributed by atoms with Crippen LogP contribution in [0.3, 0.4) is 0 Å². The lowest BCUT2D eigenvalue weighted by Gasteiger charge is -2.49. The number of hydrogen-bond acceptors (Lipinski definition) is 3. The Hall–Kier alpha value is -1.06. The molecule has 0 bridgehead atoms. The van der Waals surface area contributed by atoms with Crippen molar-refractivity contribution < 1.29 is 19.4 Å². The first kappa shape index (κ1) is 21.9. The number of ether oxygens (including phenoxy) is 1. The fraction of sp³-hybridized carbons (Fsp3) is 0.895. The van der Waals surface area contributed by atoms with Crippen LogP contribution in [0.1, 0.15) is 68.7 Å². The van der Waals surface area contributed by atoms with Gasteiger partial charge in [-0.3, -0.25) is 9.59 Å². The molecule has 0 heterocycles. The SMILES string of the molecule is CC(C)COC(=O)C(C)(C(C)C)C(CC(C)C)(C(=O)O)C(C)C. The highest BCUT2D eigenvalue weighted by Gasteiger charge is 2.62. The van der Waals surface area contributed by atoms with Crippen LogP contribution >= 0.6 is 0 Å². The Morgan fingerprint density at radius 3 is 1.65 bits per heavy atom. The van der Waals surface area contributed by atoms with Crippen LogP contribution in [0, 0.1) is 34.5 Å². The molecule has 0 aromatic carbocycles. The summed E-state index contributed by atoms with van der Waals surface area (Å²) in [6, 6.07) is 0. The number of hydrogen-bond donors (Lipinski definition) is 1. The van der Waals surface area contributed by atoms with E-state index in [4.69, 9.17) is 4.74 Å². The van der Waals surface area contributed by atoms with E-state index in [1.165, 1.54) is 0 Å².